The smallest absolute Gasteiger partial charge is 0.387 e. The van der Waals surface area contributed by atoms with E-state index in [2.05, 4.69) is 33.9 Å². The maximum atomic E-state index is 14.8. The van der Waals surface area contributed by atoms with Crippen LogP contribution in [0.3, 0.4) is 0 Å². The molecule has 0 saturated carbocycles. The molecule has 4 rings (SSSR count). The van der Waals surface area contributed by atoms with Gasteiger partial charge in [0.2, 0.25) is 0 Å². The molecule has 0 spiro atoms. The molecule has 30 heavy (non-hydrogen) atoms. The predicted octanol–water partition coefficient (Wildman–Crippen LogP) is 6.62. The second-order valence-electron chi connectivity index (χ2n) is 8.47. The van der Waals surface area contributed by atoms with Crippen LogP contribution in [0.1, 0.15) is 43.6 Å². The summed E-state index contributed by atoms with van der Waals surface area (Å²) in [6.45, 7) is 2.34. The number of aromatic amines is 1. The van der Waals surface area contributed by atoms with E-state index in [1.54, 1.807) is 18.2 Å². The van der Waals surface area contributed by atoms with E-state index in [9.17, 15) is 13.2 Å². The zero-order chi connectivity index (χ0) is 21.6. The molecule has 0 saturated heterocycles. The molecular weight excluding hydrogens is 457 g/mol. The zero-order valence-electron chi connectivity index (χ0n) is 17.1. The van der Waals surface area contributed by atoms with Gasteiger partial charge in [-0.05, 0) is 51.0 Å². The van der Waals surface area contributed by atoms with Gasteiger partial charge in [0.1, 0.15) is 11.4 Å². The van der Waals surface area contributed by atoms with Crippen LogP contribution in [0.15, 0.2) is 46.9 Å². The Morgan fingerprint density at radius 3 is 2.67 bits per heavy atom. The second-order valence-corrected chi connectivity index (χ2v) is 9.39. The molecule has 0 amide bonds. The number of para-hydroxylation sites is 1. The number of alkyl halides is 3. The highest BCUT2D eigenvalue weighted by Gasteiger charge is 2.39. The van der Waals surface area contributed by atoms with Gasteiger partial charge in [0, 0.05) is 39.2 Å². The molecule has 0 aliphatic carbocycles. The van der Waals surface area contributed by atoms with E-state index in [0.717, 1.165) is 28.6 Å². The van der Waals surface area contributed by atoms with E-state index in [4.69, 9.17) is 4.74 Å². The van der Waals surface area contributed by atoms with Gasteiger partial charge < -0.3 is 9.72 Å². The van der Waals surface area contributed by atoms with Gasteiger partial charge >= 0.3 is 6.61 Å². The number of halogens is 4. The maximum absolute atomic E-state index is 14.8. The fraction of sp³-hybridized carbons (Fsp3) is 0.391. The molecule has 1 aliphatic heterocycles. The van der Waals surface area contributed by atoms with Crippen LogP contribution in [-0.4, -0.2) is 34.8 Å². The molecule has 0 radical (unpaired) electrons. The first-order chi connectivity index (χ1) is 14.1. The Balaban J connectivity index is 1.94. The molecular formula is C23H24BrF3N2O. The quantitative estimate of drug-likeness (QED) is 0.444. The molecule has 2 heterocycles. The molecule has 3 nitrogen and oxygen atoms in total. The molecule has 160 valence electrons. The number of hydrogen-bond acceptors (Lipinski definition) is 2. The van der Waals surface area contributed by atoms with E-state index in [1.165, 1.54) is 13.8 Å². The molecule has 0 fully saturated rings. The Labute approximate surface area is 182 Å². The predicted molar refractivity (Wildman–Crippen MR) is 116 cm³/mol. The van der Waals surface area contributed by atoms with E-state index in [-0.39, 0.29) is 18.3 Å². The first-order valence-corrected chi connectivity index (χ1v) is 10.7. The Bertz CT molecular complexity index is 1060. The summed E-state index contributed by atoms with van der Waals surface area (Å²) >= 11 is 3.34. The van der Waals surface area contributed by atoms with Crippen molar-refractivity contribution in [2.24, 2.45) is 0 Å². The average Bonchev–Trinajstić information content (AvgIpc) is 3.00. The van der Waals surface area contributed by atoms with Crippen molar-refractivity contribution < 1.29 is 17.9 Å². The van der Waals surface area contributed by atoms with Crippen LogP contribution in [0, 0.1) is 0 Å². The Morgan fingerprint density at radius 1 is 1.23 bits per heavy atom. The fourth-order valence-electron chi connectivity index (χ4n) is 4.45. The Hall–Kier alpha value is -1.99. The molecule has 3 aromatic rings. The lowest BCUT2D eigenvalue weighted by Crippen LogP contribution is -2.47. The summed E-state index contributed by atoms with van der Waals surface area (Å²) in [5.41, 5.74) is 2.16. The van der Waals surface area contributed by atoms with Crippen molar-refractivity contribution in [1.82, 2.24) is 9.88 Å². The highest BCUT2D eigenvalue weighted by Crippen LogP contribution is 2.45. The van der Waals surface area contributed by atoms with Crippen LogP contribution < -0.4 is 4.74 Å². The Kier molecular flexibility index (Phi) is 5.62. The molecule has 2 aromatic carbocycles. The van der Waals surface area contributed by atoms with Crippen molar-refractivity contribution in [3.05, 3.63) is 63.8 Å². The van der Waals surface area contributed by atoms with Crippen molar-refractivity contribution in [3.8, 4) is 5.75 Å². The van der Waals surface area contributed by atoms with Gasteiger partial charge in [0.05, 0.1) is 6.04 Å². The second kappa shape index (κ2) is 7.93. The number of nitrogens with zero attached hydrogens (tertiary/aromatic N) is 1. The number of fused-ring (bicyclic) bond motifs is 3. The third-order valence-corrected chi connectivity index (χ3v) is 6.06. The lowest BCUT2D eigenvalue weighted by molar-refractivity contribution is -0.0515. The van der Waals surface area contributed by atoms with Gasteiger partial charge in [-0.25, -0.2) is 4.39 Å². The van der Waals surface area contributed by atoms with Crippen LogP contribution in [-0.2, 0) is 6.42 Å². The summed E-state index contributed by atoms with van der Waals surface area (Å²) in [6.07, 6.45) is 0.744. The molecule has 0 unspecified atom stereocenters. The van der Waals surface area contributed by atoms with Gasteiger partial charge in [0.25, 0.3) is 0 Å². The van der Waals surface area contributed by atoms with E-state index in [0.29, 0.717) is 10.0 Å². The number of rotatable bonds is 5. The van der Waals surface area contributed by atoms with Gasteiger partial charge in [-0.2, -0.15) is 8.78 Å². The van der Waals surface area contributed by atoms with Crippen LogP contribution in [0.5, 0.6) is 5.75 Å². The third-order valence-electron chi connectivity index (χ3n) is 5.56. The SMILES string of the molecule is C[C@@H]1Cc2c([nH]c3ccccc23)[C@@H](c2ccc(Br)cc2OC(F)F)N1CC(C)(C)F. The lowest BCUT2D eigenvalue weighted by Gasteiger charge is -2.43. The van der Waals surface area contributed by atoms with Gasteiger partial charge in [-0.1, -0.05) is 40.2 Å². The number of H-pyrrole nitrogens is 1. The van der Waals surface area contributed by atoms with Crippen molar-refractivity contribution in [2.45, 2.75) is 51.6 Å². The summed E-state index contributed by atoms with van der Waals surface area (Å²) in [4.78, 5) is 5.52. The third kappa shape index (κ3) is 4.10. The Morgan fingerprint density at radius 2 is 1.97 bits per heavy atom. The molecule has 1 aromatic heterocycles. The van der Waals surface area contributed by atoms with E-state index in [1.807, 2.05) is 23.1 Å². The highest BCUT2D eigenvalue weighted by atomic mass is 79.9. The minimum atomic E-state index is -2.95. The monoisotopic (exact) mass is 480 g/mol. The minimum absolute atomic E-state index is 0.0137. The maximum Gasteiger partial charge on any atom is 0.387 e. The van der Waals surface area contributed by atoms with Crippen molar-refractivity contribution in [2.75, 3.05) is 6.54 Å². The summed E-state index contributed by atoms with van der Waals surface area (Å²) in [5, 5.41) is 1.11. The van der Waals surface area contributed by atoms with Crippen LogP contribution in [0.2, 0.25) is 0 Å². The average molecular weight is 481 g/mol. The normalized spacial score (nSPS) is 20.0. The van der Waals surface area contributed by atoms with Gasteiger partial charge in [-0.15, -0.1) is 0 Å². The molecule has 1 N–H and O–H groups in total. The molecule has 2 atom stereocenters. The lowest BCUT2D eigenvalue weighted by atomic mass is 9.87. The summed E-state index contributed by atoms with van der Waals surface area (Å²) < 4.78 is 46.7. The number of ether oxygens (including phenoxy) is 1. The van der Waals surface area contributed by atoms with Crippen molar-refractivity contribution in [1.29, 1.82) is 0 Å². The van der Waals surface area contributed by atoms with E-state index < -0.39 is 18.3 Å². The van der Waals surface area contributed by atoms with Crippen LogP contribution in [0.25, 0.3) is 10.9 Å². The van der Waals surface area contributed by atoms with Gasteiger partial charge in [-0.3, -0.25) is 4.90 Å². The number of nitrogens with one attached hydrogen (secondary N) is 1. The number of aromatic nitrogens is 1. The fourth-order valence-corrected chi connectivity index (χ4v) is 4.79. The topological polar surface area (TPSA) is 28.3 Å². The summed E-state index contributed by atoms with van der Waals surface area (Å²) in [6, 6.07) is 12.7. The minimum Gasteiger partial charge on any atom is -0.434 e. The first-order valence-electron chi connectivity index (χ1n) is 9.92. The number of hydrogen-bond donors (Lipinski definition) is 1. The van der Waals surface area contributed by atoms with E-state index >= 15 is 0 Å². The summed E-state index contributed by atoms with van der Waals surface area (Å²) in [5.74, 6) is 0.0877. The van der Waals surface area contributed by atoms with Crippen LogP contribution in [0.4, 0.5) is 13.2 Å². The summed E-state index contributed by atoms with van der Waals surface area (Å²) in [7, 11) is 0. The molecule has 1 aliphatic rings. The number of benzene rings is 2. The standard InChI is InChI=1S/C23H24BrF3N2O/c1-13-10-17-15-6-4-5-7-18(15)28-20(17)21(29(13)12-23(2,3)27)16-9-8-14(24)11-19(16)30-22(25)26/h4-9,11,13,21-22,28H,10,12H2,1-3H3/t13-,21-/m1/s1. The zero-order valence-corrected chi connectivity index (χ0v) is 18.6. The van der Waals surface area contributed by atoms with Gasteiger partial charge in [0.15, 0.2) is 0 Å². The molecule has 7 heteroatoms. The van der Waals surface area contributed by atoms with Crippen molar-refractivity contribution >= 4 is 26.8 Å². The first kappa shape index (κ1) is 21.2. The highest BCUT2D eigenvalue weighted by molar-refractivity contribution is 9.10. The largest absolute Gasteiger partial charge is 0.434 e. The van der Waals surface area contributed by atoms with Crippen LogP contribution >= 0.6 is 15.9 Å². The van der Waals surface area contributed by atoms with Crippen molar-refractivity contribution in [3.63, 3.8) is 0 Å². The molecule has 0 bridgehead atoms.